The largest absolute Gasteiger partial charge is 0.481 e. The van der Waals surface area contributed by atoms with Crippen molar-refractivity contribution in [1.29, 1.82) is 0 Å². The second kappa shape index (κ2) is 6.23. The van der Waals surface area contributed by atoms with Crippen molar-refractivity contribution in [2.24, 2.45) is 7.05 Å². The molecule has 0 unspecified atom stereocenters. The average Bonchev–Trinajstić information content (AvgIpc) is 2.51. The second-order valence-corrected chi connectivity index (χ2v) is 5.83. The number of nitrogens with zero attached hydrogens (tertiary/aromatic N) is 2. The van der Waals surface area contributed by atoms with Crippen molar-refractivity contribution in [2.45, 2.75) is 52.5 Å². The quantitative estimate of drug-likeness (QED) is 0.792. The Hall–Kier alpha value is -1.03. The van der Waals surface area contributed by atoms with Crippen molar-refractivity contribution in [3.05, 3.63) is 11.3 Å². The Morgan fingerprint density at radius 3 is 2.50 bits per heavy atom. The minimum Gasteiger partial charge on any atom is -0.481 e. The van der Waals surface area contributed by atoms with Crippen LogP contribution in [0.1, 0.15) is 44.9 Å². The molecule has 1 N–H and O–H groups in total. The number of hydrogen-bond acceptors (Lipinski definition) is 3. The molecule has 0 bridgehead atoms. The Balaban J connectivity index is 2.40. The number of ether oxygens (including phenoxy) is 1. The molecule has 0 aromatic carbocycles. The van der Waals surface area contributed by atoms with Crippen LogP contribution in [0.2, 0.25) is 0 Å². The van der Waals surface area contributed by atoms with Gasteiger partial charge in [0.2, 0.25) is 5.88 Å². The van der Waals surface area contributed by atoms with Gasteiger partial charge in [0.25, 0.3) is 0 Å². The summed E-state index contributed by atoms with van der Waals surface area (Å²) in [6, 6.07) is 0. The van der Waals surface area contributed by atoms with E-state index in [9.17, 15) is 0 Å². The Labute approximate surface area is 111 Å². The molecule has 0 aliphatic rings. The summed E-state index contributed by atoms with van der Waals surface area (Å²) >= 11 is 0. The molecule has 4 heteroatoms. The molecule has 1 aromatic rings. The molecule has 0 aliphatic carbocycles. The van der Waals surface area contributed by atoms with E-state index in [0.29, 0.717) is 0 Å². The summed E-state index contributed by atoms with van der Waals surface area (Å²) in [6.07, 6.45) is 3.37. The van der Waals surface area contributed by atoms with E-state index in [1.54, 1.807) is 7.11 Å². The van der Waals surface area contributed by atoms with E-state index >= 15 is 0 Å². The van der Waals surface area contributed by atoms with Crippen LogP contribution in [0.4, 0.5) is 0 Å². The highest BCUT2D eigenvalue weighted by atomic mass is 16.5. The van der Waals surface area contributed by atoms with Crippen molar-refractivity contribution in [2.75, 3.05) is 13.7 Å². The first-order valence-corrected chi connectivity index (χ1v) is 6.66. The van der Waals surface area contributed by atoms with E-state index in [1.807, 2.05) is 18.7 Å². The number of nitrogens with one attached hydrogen (secondary N) is 1. The fraction of sp³-hybridized carbons (Fsp3) is 0.786. The molecule has 0 saturated heterocycles. The van der Waals surface area contributed by atoms with Gasteiger partial charge in [-0.05, 0) is 53.5 Å². The molecule has 18 heavy (non-hydrogen) atoms. The van der Waals surface area contributed by atoms with Crippen molar-refractivity contribution in [3.8, 4) is 5.88 Å². The topological polar surface area (TPSA) is 39.1 Å². The van der Waals surface area contributed by atoms with Crippen LogP contribution in [0, 0.1) is 6.92 Å². The Morgan fingerprint density at radius 1 is 1.28 bits per heavy atom. The predicted octanol–water partition coefficient (Wildman–Crippen LogP) is 2.45. The SMILES string of the molecule is COc1c(CCCCNC(C)(C)C)c(C)nn1C. The number of aryl methyl sites for hydroxylation is 2. The number of hydrogen-bond donors (Lipinski definition) is 1. The number of aromatic nitrogens is 2. The minimum atomic E-state index is 0.210. The third-order valence-corrected chi connectivity index (χ3v) is 2.99. The van der Waals surface area contributed by atoms with Crippen molar-refractivity contribution >= 4 is 0 Å². The van der Waals surface area contributed by atoms with E-state index < -0.39 is 0 Å². The van der Waals surface area contributed by atoms with Gasteiger partial charge in [0, 0.05) is 18.2 Å². The van der Waals surface area contributed by atoms with Gasteiger partial charge in [-0.15, -0.1) is 0 Å². The van der Waals surface area contributed by atoms with Crippen LogP contribution in [0.5, 0.6) is 5.88 Å². The molecule has 0 spiro atoms. The van der Waals surface area contributed by atoms with Gasteiger partial charge in [-0.1, -0.05) is 0 Å². The predicted molar refractivity (Wildman–Crippen MR) is 75.2 cm³/mol. The fourth-order valence-electron chi connectivity index (χ4n) is 2.11. The zero-order valence-electron chi connectivity index (χ0n) is 12.6. The van der Waals surface area contributed by atoms with Gasteiger partial charge in [0.15, 0.2) is 0 Å². The van der Waals surface area contributed by atoms with Crippen molar-refractivity contribution < 1.29 is 4.74 Å². The van der Waals surface area contributed by atoms with Gasteiger partial charge in [-0.2, -0.15) is 5.10 Å². The highest BCUT2D eigenvalue weighted by molar-refractivity contribution is 5.30. The lowest BCUT2D eigenvalue weighted by atomic mass is 10.1. The number of methoxy groups -OCH3 is 1. The molecule has 0 aliphatic heterocycles. The van der Waals surface area contributed by atoms with Crippen LogP contribution in [0.3, 0.4) is 0 Å². The molecule has 1 heterocycles. The first-order valence-electron chi connectivity index (χ1n) is 6.66. The minimum absolute atomic E-state index is 0.210. The van der Waals surface area contributed by atoms with Gasteiger partial charge in [0.05, 0.1) is 12.8 Å². The summed E-state index contributed by atoms with van der Waals surface area (Å²) in [5, 5.41) is 7.90. The normalized spacial score (nSPS) is 11.9. The summed E-state index contributed by atoms with van der Waals surface area (Å²) in [4.78, 5) is 0. The van der Waals surface area contributed by atoms with E-state index in [4.69, 9.17) is 4.74 Å². The average molecular weight is 253 g/mol. The lowest BCUT2D eigenvalue weighted by Gasteiger charge is -2.20. The van der Waals surface area contributed by atoms with Crippen molar-refractivity contribution in [1.82, 2.24) is 15.1 Å². The van der Waals surface area contributed by atoms with E-state index in [0.717, 1.165) is 31.0 Å². The Bertz CT molecular complexity index is 377. The molecule has 1 aromatic heterocycles. The number of unbranched alkanes of at least 4 members (excludes halogenated alkanes) is 1. The fourth-order valence-corrected chi connectivity index (χ4v) is 2.11. The van der Waals surface area contributed by atoms with Crippen LogP contribution in [-0.2, 0) is 13.5 Å². The molecule has 0 atom stereocenters. The lowest BCUT2D eigenvalue weighted by Crippen LogP contribution is -2.36. The zero-order valence-corrected chi connectivity index (χ0v) is 12.6. The third-order valence-electron chi connectivity index (χ3n) is 2.99. The van der Waals surface area contributed by atoms with Gasteiger partial charge >= 0.3 is 0 Å². The van der Waals surface area contributed by atoms with Crippen LogP contribution in [-0.4, -0.2) is 29.0 Å². The van der Waals surface area contributed by atoms with Crippen LogP contribution in [0.25, 0.3) is 0 Å². The summed E-state index contributed by atoms with van der Waals surface area (Å²) in [5.74, 6) is 0.899. The molecule has 4 nitrogen and oxygen atoms in total. The molecular weight excluding hydrogens is 226 g/mol. The number of rotatable bonds is 6. The summed E-state index contributed by atoms with van der Waals surface area (Å²) in [7, 11) is 3.64. The van der Waals surface area contributed by atoms with Gasteiger partial charge < -0.3 is 10.1 Å². The molecule has 0 fully saturated rings. The van der Waals surface area contributed by atoms with E-state index in [1.165, 1.54) is 12.0 Å². The van der Waals surface area contributed by atoms with E-state index in [2.05, 4.69) is 31.2 Å². The first kappa shape index (κ1) is 15.0. The summed E-state index contributed by atoms with van der Waals surface area (Å²) in [6.45, 7) is 9.69. The van der Waals surface area contributed by atoms with E-state index in [-0.39, 0.29) is 5.54 Å². The maximum Gasteiger partial charge on any atom is 0.214 e. The smallest absolute Gasteiger partial charge is 0.214 e. The Morgan fingerprint density at radius 2 is 1.94 bits per heavy atom. The van der Waals surface area contributed by atoms with Gasteiger partial charge in [-0.25, -0.2) is 4.68 Å². The third kappa shape index (κ3) is 4.33. The maximum absolute atomic E-state index is 5.39. The first-order chi connectivity index (χ1) is 8.35. The second-order valence-electron chi connectivity index (χ2n) is 5.83. The summed E-state index contributed by atoms with van der Waals surface area (Å²) in [5.41, 5.74) is 2.54. The van der Waals surface area contributed by atoms with Crippen LogP contribution < -0.4 is 10.1 Å². The standard InChI is InChI=1S/C14H27N3O/c1-11-12(13(18-6)17(5)16-11)9-7-8-10-15-14(2,3)4/h15H,7-10H2,1-6H3. The van der Waals surface area contributed by atoms with Crippen molar-refractivity contribution in [3.63, 3.8) is 0 Å². The van der Waals surface area contributed by atoms with Gasteiger partial charge in [-0.3, -0.25) is 0 Å². The Kier molecular flexibility index (Phi) is 5.20. The molecule has 1 rings (SSSR count). The lowest BCUT2D eigenvalue weighted by molar-refractivity contribution is 0.368. The maximum atomic E-state index is 5.39. The molecule has 0 saturated carbocycles. The van der Waals surface area contributed by atoms with Crippen LogP contribution >= 0.6 is 0 Å². The van der Waals surface area contributed by atoms with Gasteiger partial charge in [0.1, 0.15) is 0 Å². The highest BCUT2D eigenvalue weighted by Gasteiger charge is 2.13. The molecule has 0 amide bonds. The van der Waals surface area contributed by atoms with Crippen LogP contribution in [0.15, 0.2) is 0 Å². The summed E-state index contributed by atoms with van der Waals surface area (Å²) < 4.78 is 7.21. The zero-order chi connectivity index (χ0) is 13.8. The molecule has 0 radical (unpaired) electrons. The highest BCUT2D eigenvalue weighted by Crippen LogP contribution is 2.22. The molecule has 104 valence electrons. The monoisotopic (exact) mass is 253 g/mol. The molecular formula is C14H27N3O.